The zero-order valence-corrected chi connectivity index (χ0v) is 14.3. The highest BCUT2D eigenvalue weighted by atomic mass is 16.2. The summed E-state index contributed by atoms with van der Waals surface area (Å²) < 4.78 is 0. The second kappa shape index (κ2) is 7.53. The number of carbonyl (C=O) groups is 1. The van der Waals surface area contributed by atoms with Crippen molar-refractivity contribution in [1.82, 2.24) is 19.8 Å². The van der Waals surface area contributed by atoms with Crippen molar-refractivity contribution in [2.45, 2.75) is 18.9 Å². The topological polar surface area (TPSA) is 49.3 Å². The SMILES string of the molecule is CN(C)CCN(Cc1ccccn1)C(=O)[C@H]1C[C@H]1c1cccnc1. The molecular formula is C19H24N4O. The number of hydrogen-bond donors (Lipinski definition) is 0. The van der Waals surface area contributed by atoms with Crippen LogP contribution >= 0.6 is 0 Å². The highest BCUT2D eigenvalue weighted by molar-refractivity contribution is 5.83. The van der Waals surface area contributed by atoms with Gasteiger partial charge < -0.3 is 9.80 Å². The molecule has 2 aromatic heterocycles. The lowest BCUT2D eigenvalue weighted by molar-refractivity contribution is -0.133. The second-order valence-corrected chi connectivity index (χ2v) is 6.62. The van der Waals surface area contributed by atoms with Crippen LogP contribution in [0.2, 0.25) is 0 Å². The predicted molar refractivity (Wildman–Crippen MR) is 93.3 cm³/mol. The fourth-order valence-electron chi connectivity index (χ4n) is 2.94. The van der Waals surface area contributed by atoms with Gasteiger partial charge in [-0.2, -0.15) is 0 Å². The van der Waals surface area contributed by atoms with Gasteiger partial charge in [0.2, 0.25) is 5.91 Å². The summed E-state index contributed by atoms with van der Waals surface area (Å²) in [6.07, 6.45) is 6.35. The van der Waals surface area contributed by atoms with Crippen molar-refractivity contribution in [3.8, 4) is 0 Å². The Morgan fingerprint density at radius 3 is 2.71 bits per heavy atom. The minimum Gasteiger partial charge on any atom is -0.335 e. The lowest BCUT2D eigenvalue weighted by Gasteiger charge is -2.24. The Morgan fingerprint density at radius 1 is 1.17 bits per heavy atom. The third-order valence-corrected chi connectivity index (χ3v) is 4.43. The molecule has 1 saturated carbocycles. The third-order valence-electron chi connectivity index (χ3n) is 4.43. The van der Waals surface area contributed by atoms with Crippen LogP contribution in [0, 0.1) is 5.92 Å². The summed E-state index contributed by atoms with van der Waals surface area (Å²) in [4.78, 5) is 25.6. The normalized spacial score (nSPS) is 19.3. The first-order chi connectivity index (χ1) is 11.6. The van der Waals surface area contributed by atoms with Gasteiger partial charge in [0.15, 0.2) is 0 Å². The highest BCUT2D eigenvalue weighted by Gasteiger charge is 2.45. The molecule has 0 spiro atoms. The molecule has 2 aromatic rings. The van der Waals surface area contributed by atoms with E-state index in [2.05, 4.69) is 20.9 Å². The number of carbonyl (C=O) groups excluding carboxylic acids is 1. The quantitative estimate of drug-likeness (QED) is 0.783. The molecule has 3 rings (SSSR count). The molecule has 0 bridgehead atoms. The molecular weight excluding hydrogens is 300 g/mol. The lowest BCUT2D eigenvalue weighted by Crippen LogP contribution is -2.37. The molecule has 2 atom stereocenters. The Hall–Kier alpha value is -2.27. The highest BCUT2D eigenvalue weighted by Crippen LogP contribution is 2.48. The molecule has 126 valence electrons. The summed E-state index contributed by atoms with van der Waals surface area (Å²) in [5, 5.41) is 0. The first-order valence-corrected chi connectivity index (χ1v) is 8.38. The molecule has 5 heteroatoms. The van der Waals surface area contributed by atoms with Gasteiger partial charge in [-0.15, -0.1) is 0 Å². The van der Waals surface area contributed by atoms with Gasteiger partial charge in [0.1, 0.15) is 0 Å². The van der Waals surface area contributed by atoms with E-state index < -0.39 is 0 Å². The van der Waals surface area contributed by atoms with E-state index in [0.717, 1.165) is 25.2 Å². The van der Waals surface area contributed by atoms with Gasteiger partial charge in [0.25, 0.3) is 0 Å². The Morgan fingerprint density at radius 2 is 2.04 bits per heavy atom. The van der Waals surface area contributed by atoms with Crippen LogP contribution in [-0.2, 0) is 11.3 Å². The van der Waals surface area contributed by atoms with Crippen LogP contribution in [0.4, 0.5) is 0 Å². The summed E-state index contributed by atoms with van der Waals surface area (Å²) in [5.74, 6) is 0.633. The zero-order valence-electron chi connectivity index (χ0n) is 14.3. The van der Waals surface area contributed by atoms with Crippen molar-refractivity contribution in [3.05, 3.63) is 60.2 Å². The van der Waals surface area contributed by atoms with E-state index in [1.54, 1.807) is 12.4 Å². The van der Waals surface area contributed by atoms with Gasteiger partial charge in [-0.1, -0.05) is 12.1 Å². The number of amides is 1. The van der Waals surface area contributed by atoms with Crippen molar-refractivity contribution >= 4 is 5.91 Å². The molecule has 1 aliphatic carbocycles. The second-order valence-electron chi connectivity index (χ2n) is 6.62. The van der Waals surface area contributed by atoms with Crippen LogP contribution in [0.3, 0.4) is 0 Å². The first kappa shape index (κ1) is 16.6. The van der Waals surface area contributed by atoms with E-state index in [1.165, 1.54) is 5.56 Å². The van der Waals surface area contributed by atoms with Crippen LogP contribution in [0.5, 0.6) is 0 Å². The monoisotopic (exact) mass is 324 g/mol. The van der Waals surface area contributed by atoms with E-state index in [1.807, 2.05) is 49.5 Å². The number of nitrogens with zero attached hydrogens (tertiary/aromatic N) is 4. The molecule has 1 amide bonds. The third kappa shape index (κ3) is 4.17. The fourth-order valence-corrected chi connectivity index (χ4v) is 2.94. The Labute approximate surface area is 143 Å². The maximum atomic E-state index is 13.0. The number of likely N-dealkylation sites (N-methyl/N-ethyl adjacent to an activating group) is 1. The predicted octanol–water partition coefficient (Wildman–Crippen LogP) is 2.17. The number of aromatic nitrogens is 2. The van der Waals surface area contributed by atoms with Crippen LogP contribution < -0.4 is 0 Å². The van der Waals surface area contributed by atoms with E-state index in [4.69, 9.17) is 0 Å². The molecule has 0 aromatic carbocycles. The first-order valence-electron chi connectivity index (χ1n) is 8.38. The summed E-state index contributed by atoms with van der Waals surface area (Å²) in [6, 6.07) is 9.84. The van der Waals surface area contributed by atoms with Crippen molar-refractivity contribution < 1.29 is 4.79 Å². The average Bonchev–Trinajstić information content (AvgIpc) is 3.40. The smallest absolute Gasteiger partial charge is 0.226 e. The minimum atomic E-state index is 0.0834. The minimum absolute atomic E-state index is 0.0834. The Kier molecular flexibility index (Phi) is 5.20. The number of hydrogen-bond acceptors (Lipinski definition) is 4. The Balaban J connectivity index is 1.67. The molecule has 0 unspecified atom stereocenters. The molecule has 1 aliphatic rings. The summed E-state index contributed by atoms with van der Waals surface area (Å²) >= 11 is 0. The van der Waals surface area contributed by atoms with E-state index in [0.29, 0.717) is 12.5 Å². The summed E-state index contributed by atoms with van der Waals surface area (Å²) in [7, 11) is 4.05. The van der Waals surface area contributed by atoms with Gasteiger partial charge in [-0.25, -0.2) is 0 Å². The molecule has 24 heavy (non-hydrogen) atoms. The van der Waals surface area contributed by atoms with Crippen molar-refractivity contribution in [2.24, 2.45) is 5.92 Å². The molecule has 0 N–H and O–H groups in total. The molecule has 2 heterocycles. The van der Waals surface area contributed by atoms with Gasteiger partial charge in [-0.05, 0) is 50.2 Å². The standard InChI is InChI=1S/C19H24N4O/c1-22(2)10-11-23(14-16-7-3-4-9-21-16)19(24)18-12-17(18)15-6-5-8-20-13-15/h3-9,13,17-18H,10-12,14H2,1-2H3/t17-,18-/m0/s1. The zero-order chi connectivity index (χ0) is 16.9. The number of pyridine rings is 2. The van der Waals surface area contributed by atoms with Gasteiger partial charge in [-0.3, -0.25) is 14.8 Å². The van der Waals surface area contributed by atoms with Crippen molar-refractivity contribution in [2.75, 3.05) is 27.2 Å². The van der Waals surface area contributed by atoms with E-state index in [-0.39, 0.29) is 11.8 Å². The fraction of sp³-hybridized carbons (Fsp3) is 0.421. The molecule has 1 fully saturated rings. The average molecular weight is 324 g/mol. The van der Waals surface area contributed by atoms with Crippen molar-refractivity contribution in [3.63, 3.8) is 0 Å². The maximum absolute atomic E-state index is 13.0. The molecule has 0 aliphatic heterocycles. The van der Waals surface area contributed by atoms with Crippen LogP contribution in [0.15, 0.2) is 48.9 Å². The van der Waals surface area contributed by atoms with Crippen molar-refractivity contribution in [1.29, 1.82) is 0 Å². The van der Waals surface area contributed by atoms with Crippen LogP contribution in [0.25, 0.3) is 0 Å². The largest absolute Gasteiger partial charge is 0.335 e. The van der Waals surface area contributed by atoms with E-state index in [9.17, 15) is 4.79 Å². The van der Waals surface area contributed by atoms with Gasteiger partial charge in [0.05, 0.1) is 12.2 Å². The number of rotatable bonds is 7. The lowest BCUT2D eigenvalue weighted by atomic mass is 10.1. The summed E-state index contributed by atoms with van der Waals surface area (Å²) in [6.45, 7) is 2.14. The Bertz CT molecular complexity index is 660. The van der Waals surface area contributed by atoms with Gasteiger partial charge in [0, 0.05) is 37.6 Å². The maximum Gasteiger partial charge on any atom is 0.226 e. The molecule has 5 nitrogen and oxygen atoms in total. The van der Waals surface area contributed by atoms with Gasteiger partial charge >= 0.3 is 0 Å². The molecule has 0 radical (unpaired) electrons. The van der Waals surface area contributed by atoms with Crippen LogP contribution in [0.1, 0.15) is 23.6 Å². The van der Waals surface area contributed by atoms with Crippen LogP contribution in [-0.4, -0.2) is 52.9 Å². The summed E-state index contributed by atoms with van der Waals surface area (Å²) in [5.41, 5.74) is 2.10. The molecule has 0 saturated heterocycles. The van der Waals surface area contributed by atoms with E-state index >= 15 is 0 Å².